The summed E-state index contributed by atoms with van der Waals surface area (Å²) in [7, 11) is -1.48. The molecule has 1 aromatic rings. The molecule has 0 radical (unpaired) electrons. The second-order valence-corrected chi connectivity index (χ2v) is 8.54. The quantitative estimate of drug-likeness (QED) is 0.866. The highest BCUT2D eigenvalue weighted by atomic mass is 32.2. The number of carbonyl (C=O) groups excluding carboxylic acids is 1. The van der Waals surface area contributed by atoms with Crippen molar-refractivity contribution < 1.29 is 13.2 Å². The third-order valence-electron chi connectivity index (χ3n) is 4.62. The number of hydrogen-bond acceptors (Lipinski definition) is 4. The fourth-order valence-electron chi connectivity index (χ4n) is 2.94. The molecule has 0 atom stereocenters. The minimum Gasteiger partial charge on any atom is -0.352 e. The molecule has 6 nitrogen and oxygen atoms in total. The molecule has 134 valence electrons. The topological polar surface area (TPSA) is 69.7 Å². The Balaban J connectivity index is 2.12. The molecule has 1 amide bonds. The van der Waals surface area contributed by atoms with Crippen molar-refractivity contribution in [3.8, 4) is 0 Å². The summed E-state index contributed by atoms with van der Waals surface area (Å²) in [6.07, 6.45) is 2.92. The summed E-state index contributed by atoms with van der Waals surface area (Å²) in [6, 6.07) is 5.60. The molecule has 0 saturated carbocycles. The van der Waals surface area contributed by atoms with E-state index in [0.717, 1.165) is 43.3 Å². The Morgan fingerprint density at radius 1 is 1.29 bits per heavy atom. The van der Waals surface area contributed by atoms with Crippen LogP contribution in [0.1, 0.15) is 24.0 Å². The molecule has 0 unspecified atom stereocenters. The van der Waals surface area contributed by atoms with Gasteiger partial charge in [-0.1, -0.05) is 12.1 Å². The molecular weight excluding hydrogens is 326 g/mol. The molecule has 1 fully saturated rings. The van der Waals surface area contributed by atoms with Gasteiger partial charge in [-0.25, -0.2) is 8.42 Å². The summed E-state index contributed by atoms with van der Waals surface area (Å²) in [4.78, 5) is 14.6. The van der Waals surface area contributed by atoms with Crippen molar-refractivity contribution in [2.45, 2.75) is 32.7 Å². The molecule has 1 aliphatic rings. The predicted octanol–water partition coefficient (Wildman–Crippen LogP) is 1.28. The molecular formula is C17H27N3O3S. The number of amides is 1. The number of nitrogens with one attached hydrogen (secondary N) is 1. The predicted molar refractivity (Wildman–Crippen MR) is 96.8 cm³/mol. The number of anilines is 1. The SMILES string of the molecule is Cc1cccc(N(CC(=O)NC2CCN(C)CC2)S(C)(=O)=O)c1C. The number of carbonyl (C=O) groups is 1. The van der Waals surface area contributed by atoms with E-state index in [-0.39, 0.29) is 18.5 Å². The first-order valence-corrected chi connectivity index (χ1v) is 10.0. The molecule has 7 heteroatoms. The molecule has 1 aliphatic heterocycles. The maximum absolute atomic E-state index is 12.4. The van der Waals surface area contributed by atoms with E-state index >= 15 is 0 Å². The van der Waals surface area contributed by atoms with Crippen LogP contribution in [0.15, 0.2) is 18.2 Å². The lowest BCUT2D eigenvalue weighted by Gasteiger charge is -2.30. The average Bonchev–Trinajstić information content (AvgIpc) is 2.49. The second-order valence-electron chi connectivity index (χ2n) is 6.63. The Bertz CT molecular complexity index is 695. The number of rotatable bonds is 5. The lowest BCUT2D eigenvalue weighted by atomic mass is 10.1. The van der Waals surface area contributed by atoms with Crippen LogP contribution in [-0.4, -0.2) is 58.2 Å². The number of aryl methyl sites for hydroxylation is 1. The Labute approximate surface area is 144 Å². The molecule has 0 bridgehead atoms. The molecule has 2 rings (SSSR count). The van der Waals surface area contributed by atoms with Crippen molar-refractivity contribution in [1.29, 1.82) is 0 Å². The fraction of sp³-hybridized carbons (Fsp3) is 0.588. The highest BCUT2D eigenvalue weighted by molar-refractivity contribution is 7.92. The van der Waals surface area contributed by atoms with Crippen LogP contribution in [-0.2, 0) is 14.8 Å². The molecule has 1 N–H and O–H groups in total. The van der Waals surface area contributed by atoms with E-state index in [1.165, 1.54) is 4.31 Å². The number of piperidine rings is 1. The number of hydrogen-bond donors (Lipinski definition) is 1. The van der Waals surface area contributed by atoms with E-state index in [4.69, 9.17) is 0 Å². The van der Waals surface area contributed by atoms with Crippen molar-refractivity contribution in [3.05, 3.63) is 29.3 Å². The number of benzene rings is 1. The van der Waals surface area contributed by atoms with Gasteiger partial charge < -0.3 is 10.2 Å². The van der Waals surface area contributed by atoms with Gasteiger partial charge >= 0.3 is 0 Å². The van der Waals surface area contributed by atoms with E-state index in [1.807, 2.05) is 26.0 Å². The van der Waals surface area contributed by atoms with Crippen LogP contribution in [0.4, 0.5) is 5.69 Å². The van der Waals surface area contributed by atoms with E-state index in [9.17, 15) is 13.2 Å². The van der Waals surface area contributed by atoms with Gasteiger partial charge in [0.15, 0.2) is 0 Å². The van der Waals surface area contributed by atoms with Gasteiger partial charge in [0.1, 0.15) is 6.54 Å². The highest BCUT2D eigenvalue weighted by Gasteiger charge is 2.25. The van der Waals surface area contributed by atoms with Crippen LogP contribution in [0.3, 0.4) is 0 Å². The van der Waals surface area contributed by atoms with Gasteiger partial charge in [0, 0.05) is 6.04 Å². The maximum Gasteiger partial charge on any atom is 0.240 e. The normalized spacial score (nSPS) is 16.8. The summed E-state index contributed by atoms with van der Waals surface area (Å²) in [5.41, 5.74) is 2.43. The van der Waals surface area contributed by atoms with Crippen LogP contribution in [0.5, 0.6) is 0 Å². The zero-order valence-corrected chi connectivity index (χ0v) is 15.7. The summed E-state index contributed by atoms with van der Waals surface area (Å²) in [5, 5.41) is 2.97. The third kappa shape index (κ3) is 4.70. The van der Waals surface area contributed by atoms with Crippen LogP contribution in [0.2, 0.25) is 0 Å². The molecule has 24 heavy (non-hydrogen) atoms. The average molecular weight is 353 g/mol. The third-order valence-corrected chi connectivity index (χ3v) is 5.74. The van der Waals surface area contributed by atoms with E-state index in [1.54, 1.807) is 6.07 Å². The minimum atomic E-state index is -3.54. The Morgan fingerprint density at radius 2 is 1.92 bits per heavy atom. The standard InChI is InChI=1S/C17H27N3O3S/c1-13-6-5-7-16(14(13)2)20(24(4,22)23)12-17(21)18-15-8-10-19(3)11-9-15/h5-7,15H,8-12H2,1-4H3,(H,18,21). The van der Waals surface area contributed by atoms with Gasteiger partial charge in [-0.15, -0.1) is 0 Å². The molecule has 0 spiro atoms. The zero-order chi connectivity index (χ0) is 17.9. The van der Waals surface area contributed by atoms with Crippen LogP contribution in [0, 0.1) is 13.8 Å². The van der Waals surface area contributed by atoms with Crippen molar-refractivity contribution in [2.75, 3.05) is 37.2 Å². The number of sulfonamides is 1. The lowest BCUT2D eigenvalue weighted by Crippen LogP contribution is -2.47. The molecule has 1 heterocycles. The number of likely N-dealkylation sites (tertiary alicyclic amines) is 1. The van der Waals surface area contributed by atoms with Crippen LogP contribution < -0.4 is 9.62 Å². The van der Waals surface area contributed by atoms with E-state index in [0.29, 0.717) is 5.69 Å². The van der Waals surface area contributed by atoms with Crippen molar-refractivity contribution >= 4 is 21.6 Å². The van der Waals surface area contributed by atoms with Crippen molar-refractivity contribution in [3.63, 3.8) is 0 Å². The first-order chi connectivity index (χ1) is 11.2. The van der Waals surface area contributed by atoms with Crippen LogP contribution >= 0.6 is 0 Å². The largest absolute Gasteiger partial charge is 0.352 e. The number of nitrogens with zero attached hydrogens (tertiary/aromatic N) is 2. The molecule has 0 aliphatic carbocycles. The highest BCUT2D eigenvalue weighted by Crippen LogP contribution is 2.24. The van der Waals surface area contributed by atoms with Gasteiger partial charge in [-0.2, -0.15) is 0 Å². The molecule has 1 aromatic carbocycles. The zero-order valence-electron chi connectivity index (χ0n) is 14.9. The fourth-order valence-corrected chi connectivity index (χ4v) is 3.85. The minimum absolute atomic E-state index is 0.119. The first-order valence-electron chi connectivity index (χ1n) is 8.20. The lowest BCUT2D eigenvalue weighted by molar-refractivity contribution is -0.120. The van der Waals surface area contributed by atoms with E-state index < -0.39 is 10.0 Å². The van der Waals surface area contributed by atoms with Gasteiger partial charge in [0.25, 0.3) is 0 Å². The van der Waals surface area contributed by atoms with Gasteiger partial charge in [0.2, 0.25) is 15.9 Å². The summed E-state index contributed by atoms with van der Waals surface area (Å²) in [6.45, 7) is 5.50. The first kappa shape index (κ1) is 18.7. The maximum atomic E-state index is 12.4. The Kier molecular flexibility index (Phi) is 5.87. The Morgan fingerprint density at radius 3 is 2.50 bits per heavy atom. The Hall–Kier alpha value is -1.60. The van der Waals surface area contributed by atoms with Crippen LogP contribution in [0.25, 0.3) is 0 Å². The van der Waals surface area contributed by atoms with E-state index in [2.05, 4.69) is 17.3 Å². The summed E-state index contributed by atoms with van der Waals surface area (Å²) >= 11 is 0. The summed E-state index contributed by atoms with van der Waals surface area (Å²) < 4.78 is 25.6. The van der Waals surface area contributed by atoms with Gasteiger partial charge in [-0.3, -0.25) is 9.10 Å². The smallest absolute Gasteiger partial charge is 0.240 e. The van der Waals surface area contributed by atoms with Crippen molar-refractivity contribution in [1.82, 2.24) is 10.2 Å². The second kappa shape index (κ2) is 7.53. The van der Waals surface area contributed by atoms with Gasteiger partial charge in [-0.05, 0) is 64.0 Å². The van der Waals surface area contributed by atoms with Crippen molar-refractivity contribution in [2.24, 2.45) is 0 Å². The molecule has 0 aromatic heterocycles. The monoisotopic (exact) mass is 353 g/mol. The summed E-state index contributed by atoms with van der Waals surface area (Å²) in [5.74, 6) is -0.254. The van der Waals surface area contributed by atoms with Gasteiger partial charge in [0.05, 0.1) is 11.9 Å². The molecule has 1 saturated heterocycles.